The third kappa shape index (κ3) is 4.54. The van der Waals surface area contributed by atoms with Crippen molar-refractivity contribution in [1.29, 1.82) is 0 Å². The minimum absolute atomic E-state index is 0.271. The lowest BCUT2D eigenvalue weighted by atomic mass is 10.2. The van der Waals surface area contributed by atoms with Crippen molar-refractivity contribution in [2.24, 2.45) is 0 Å². The molecule has 0 aromatic heterocycles. The minimum atomic E-state index is -4.40. The predicted molar refractivity (Wildman–Crippen MR) is 128 cm³/mol. The monoisotopic (exact) mass is 479 g/mol. The van der Waals surface area contributed by atoms with Gasteiger partial charge < -0.3 is 0 Å². The third-order valence-corrected chi connectivity index (χ3v) is 10.2. The number of nitro groups is 1. The van der Waals surface area contributed by atoms with Gasteiger partial charge in [-0.25, -0.2) is 3.63 Å². The van der Waals surface area contributed by atoms with Crippen LogP contribution < -0.4 is 0 Å². The fourth-order valence-corrected chi connectivity index (χ4v) is 8.67. The SMILES string of the molecule is Cc1ccc(S(OS(=O)(=O)c2cccc([N+](=O)[O-])c2)(c2ccccc2)c2ccccc2)cc1. The first-order valence-electron chi connectivity index (χ1n) is 10.0. The molecule has 0 aliphatic rings. The summed E-state index contributed by atoms with van der Waals surface area (Å²) in [4.78, 5) is 12.4. The number of aryl methyl sites for hydroxylation is 1. The Morgan fingerprint density at radius 2 is 1.15 bits per heavy atom. The lowest BCUT2D eigenvalue weighted by Crippen LogP contribution is -2.14. The highest BCUT2D eigenvalue weighted by atomic mass is 32.3. The molecule has 0 unspecified atom stereocenters. The average molecular weight is 480 g/mol. The van der Waals surface area contributed by atoms with Crippen molar-refractivity contribution in [1.82, 2.24) is 0 Å². The van der Waals surface area contributed by atoms with E-state index >= 15 is 0 Å². The van der Waals surface area contributed by atoms with E-state index in [0.29, 0.717) is 14.7 Å². The van der Waals surface area contributed by atoms with Gasteiger partial charge in [-0.15, -0.1) is 0 Å². The highest BCUT2D eigenvalue weighted by Crippen LogP contribution is 2.70. The first-order valence-corrected chi connectivity index (χ1v) is 13.0. The van der Waals surface area contributed by atoms with Crippen LogP contribution in [0.3, 0.4) is 0 Å². The second kappa shape index (κ2) is 9.19. The largest absolute Gasteiger partial charge is 0.307 e. The average Bonchev–Trinajstić information content (AvgIpc) is 2.84. The van der Waals surface area contributed by atoms with Crippen LogP contribution in [0, 0.1) is 17.0 Å². The third-order valence-electron chi connectivity index (χ3n) is 5.01. The standard InChI is InChI=1S/C25H21NO5S2/c1-20-15-17-24(18-16-20)32(22-10-4-2-5-11-22,23-12-6-3-7-13-23)31-33(29,30)25-14-8-9-21(19-25)26(27)28/h2-19H,1H3. The number of nitrogens with zero attached hydrogens (tertiary/aromatic N) is 1. The van der Waals surface area contributed by atoms with E-state index < -0.39 is 25.4 Å². The summed E-state index contributed by atoms with van der Waals surface area (Å²) in [6.45, 7) is 1.95. The molecule has 33 heavy (non-hydrogen) atoms. The van der Waals surface area contributed by atoms with Crippen LogP contribution in [0.5, 0.6) is 0 Å². The zero-order chi connectivity index (χ0) is 23.5. The second-order valence-electron chi connectivity index (χ2n) is 7.27. The topological polar surface area (TPSA) is 86.5 Å². The van der Waals surface area contributed by atoms with Gasteiger partial charge in [0.2, 0.25) is 0 Å². The van der Waals surface area contributed by atoms with E-state index in [9.17, 15) is 18.5 Å². The summed E-state index contributed by atoms with van der Waals surface area (Å²) in [5.74, 6) is 0. The molecule has 0 aliphatic carbocycles. The second-order valence-corrected chi connectivity index (χ2v) is 11.7. The lowest BCUT2D eigenvalue weighted by Gasteiger charge is -2.39. The van der Waals surface area contributed by atoms with Crippen molar-refractivity contribution >= 4 is 26.1 Å². The molecule has 0 heterocycles. The Hall–Kier alpha value is -3.46. The summed E-state index contributed by atoms with van der Waals surface area (Å²) < 4.78 is 33.3. The number of benzene rings is 4. The molecule has 0 saturated heterocycles. The van der Waals surface area contributed by atoms with Gasteiger partial charge in [-0.3, -0.25) is 10.1 Å². The molecule has 168 valence electrons. The van der Waals surface area contributed by atoms with Gasteiger partial charge >= 0.3 is 10.1 Å². The van der Waals surface area contributed by atoms with Crippen LogP contribution in [-0.2, 0) is 13.7 Å². The van der Waals surface area contributed by atoms with Crippen molar-refractivity contribution in [3.8, 4) is 0 Å². The van der Waals surface area contributed by atoms with Crippen molar-refractivity contribution < 1.29 is 17.0 Å². The zero-order valence-electron chi connectivity index (χ0n) is 17.7. The van der Waals surface area contributed by atoms with Crippen LogP contribution in [0.1, 0.15) is 5.56 Å². The molecule has 0 aliphatic heterocycles. The van der Waals surface area contributed by atoms with Crippen molar-refractivity contribution in [2.45, 2.75) is 26.5 Å². The maximum absolute atomic E-state index is 13.6. The summed E-state index contributed by atoms with van der Waals surface area (Å²) in [7, 11) is -7.14. The van der Waals surface area contributed by atoms with Gasteiger partial charge in [0, 0.05) is 26.8 Å². The number of hydrogen-bond donors (Lipinski definition) is 0. The van der Waals surface area contributed by atoms with Gasteiger partial charge in [0.1, 0.15) is 4.90 Å². The van der Waals surface area contributed by atoms with Crippen molar-refractivity contribution in [3.05, 3.63) is 125 Å². The molecule has 0 fully saturated rings. The Morgan fingerprint density at radius 3 is 1.67 bits per heavy atom. The van der Waals surface area contributed by atoms with Crippen LogP contribution in [-0.4, -0.2) is 13.3 Å². The highest BCUT2D eigenvalue weighted by Gasteiger charge is 2.38. The molecule has 8 heteroatoms. The molecule has 0 N–H and O–H groups in total. The van der Waals surface area contributed by atoms with Gasteiger partial charge in [0.25, 0.3) is 5.69 Å². The van der Waals surface area contributed by atoms with E-state index in [1.165, 1.54) is 18.2 Å². The molecule has 4 rings (SSSR count). The van der Waals surface area contributed by atoms with Crippen LogP contribution in [0.4, 0.5) is 5.69 Å². The molecule has 0 bridgehead atoms. The zero-order valence-corrected chi connectivity index (χ0v) is 19.3. The molecular weight excluding hydrogens is 458 g/mol. The van der Waals surface area contributed by atoms with Gasteiger partial charge in [0.15, 0.2) is 0 Å². The van der Waals surface area contributed by atoms with Crippen LogP contribution in [0.25, 0.3) is 0 Å². The van der Waals surface area contributed by atoms with Crippen molar-refractivity contribution in [3.63, 3.8) is 0 Å². The van der Waals surface area contributed by atoms with Crippen LogP contribution >= 0.6 is 10.3 Å². The Labute approximate surface area is 194 Å². The molecule has 0 saturated carbocycles. The summed E-state index contributed by atoms with van der Waals surface area (Å²) in [5.41, 5.74) is 0.699. The van der Waals surface area contributed by atoms with Gasteiger partial charge in [-0.2, -0.15) is 8.42 Å². The van der Waals surface area contributed by atoms with E-state index in [1.54, 1.807) is 0 Å². The maximum Gasteiger partial charge on any atom is 0.307 e. The normalized spacial score (nSPS) is 12.3. The van der Waals surface area contributed by atoms with Gasteiger partial charge in [0.05, 0.1) is 4.92 Å². The Balaban J connectivity index is 1.99. The smallest absolute Gasteiger partial charge is 0.258 e. The summed E-state index contributed by atoms with van der Waals surface area (Å²) in [6.07, 6.45) is 0. The molecule has 4 aromatic carbocycles. The Bertz CT molecular complexity index is 1330. The molecule has 0 radical (unpaired) electrons. The first kappa shape index (κ1) is 22.7. The number of rotatable bonds is 7. The van der Waals surface area contributed by atoms with Crippen LogP contribution in [0.2, 0.25) is 0 Å². The summed E-state index contributed by atoms with van der Waals surface area (Å²) in [6, 6.07) is 30.8. The number of hydrogen-bond acceptors (Lipinski definition) is 5. The Kier molecular flexibility index (Phi) is 6.33. The molecule has 0 amide bonds. The van der Waals surface area contributed by atoms with Crippen LogP contribution in [0.15, 0.2) is 129 Å². The van der Waals surface area contributed by atoms with E-state index in [0.717, 1.165) is 11.6 Å². The van der Waals surface area contributed by atoms with Gasteiger partial charge in [-0.05, 0) is 59.7 Å². The Morgan fingerprint density at radius 1 is 0.667 bits per heavy atom. The predicted octanol–water partition coefficient (Wildman–Crippen LogP) is 6.51. The van der Waals surface area contributed by atoms with E-state index in [4.69, 9.17) is 3.63 Å². The molecule has 6 nitrogen and oxygen atoms in total. The quantitative estimate of drug-likeness (QED) is 0.223. The fourth-order valence-electron chi connectivity index (χ4n) is 3.41. The lowest BCUT2D eigenvalue weighted by molar-refractivity contribution is -0.385. The highest BCUT2D eigenvalue weighted by molar-refractivity contribution is 8.33. The van der Waals surface area contributed by atoms with E-state index in [-0.39, 0.29) is 10.6 Å². The van der Waals surface area contributed by atoms with E-state index in [2.05, 4.69) is 0 Å². The number of nitro benzene ring substituents is 1. The fraction of sp³-hybridized carbons (Fsp3) is 0.0400. The van der Waals surface area contributed by atoms with Crippen molar-refractivity contribution in [2.75, 3.05) is 0 Å². The molecule has 4 aromatic rings. The summed E-state index contributed by atoms with van der Waals surface area (Å²) >= 11 is 0. The molecule has 0 atom stereocenters. The molecule has 0 spiro atoms. The minimum Gasteiger partial charge on any atom is -0.258 e. The first-order chi connectivity index (χ1) is 15.8. The van der Waals surface area contributed by atoms with Gasteiger partial charge in [-0.1, -0.05) is 60.2 Å². The van der Waals surface area contributed by atoms with E-state index in [1.807, 2.05) is 91.9 Å². The summed E-state index contributed by atoms with van der Waals surface area (Å²) in [5, 5.41) is 11.2. The molecular formula is C25H21NO5S2. The number of non-ortho nitro benzene ring substituents is 1. The maximum atomic E-state index is 13.6.